The van der Waals surface area contributed by atoms with Gasteiger partial charge in [0.05, 0.1) is 31.0 Å². The van der Waals surface area contributed by atoms with E-state index in [1.807, 2.05) is 26.0 Å². The van der Waals surface area contributed by atoms with Gasteiger partial charge in [-0.15, -0.1) is 0 Å². The second kappa shape index (κ2) is 10.0. The van der Waals surface area contributed by atoms with Crippen LogP contribution >= 0.6 is 0 Å². The fourth-order valence-corrected chi connectivity index (χ4v) is 4.73. The molecule has 2 N–H and O–H groups in total. The van der Waals surface area contributed by atoms with Crippen LogP contribution in [0.2, 0.25) is 0 Å². The summed E-state index contributed by atoms with van der Waals surface area (Å²) in [7, 11) is 1.96. The zero-order valence-electron chi connectivity index (χ0n) is 18.7. The highest BCUT2D eigenvalue weighted by Gasteiger charge is 2.50. The molecule has 1 aliphatic carbocycles. The average molecular weight is 440 g/mol. The van der Waals surface area contributed by atoms with Gasteiger partial charge in [-0.3, -0.25) is 0 Å². The van der Waals surface area contributed by atoms with Crippen LogP contribution < -0.4 is 10.1 Å². The van der Waals surface area contributed by atoms with Gasteiger partial charge in [0.25, 0.3) is 0 Å². The zero-order valence-corrected chi connectivity index (χ0v) is 18.7. The maximum Gasteiger partial charge on any atom is 0.124 e. The Morgan fingerprint density at radius 1 is 1.19 bits per heavy atom. The Bertz CT molecular complexity index is 890. The van der Waals surface area contributed by atoms with E-state index in [0.717, 1.165) is 55.7 Å². The van der Waals surface area contributed by atoms with E-state index >= 15 is 0 Å². The van der Waals surface area contributed by atoms with Gasteiger partial charge in [0, 0.05) is 32.0 Å². The molecule has 0 bridgehead atoms. The molecule has 1 spiro atoms. The highest BCUT2D eigenvalue weighted by atomic mass is 16.5. The van der Waals surface area contributed by atoms with E-state index in [1.165, 1.54) is 11.1 Å². The molecule has 32 heavy (non-hydrogen) atoms. The molecule has 3 atom stereocenters. The fraction of sp³-hybridized carbons (Fsp3) is 0.500. The van der Waals surface area contributed by atoms with Crippen molar-refractivity contribution in [1.29, 1.82) is 0 Å². The largest absolute Gasteiger partial charge is 0.488 e. The summed E-state index contributed by atoms with van der Waals surface area (Å²) in [5.74, 6) is 0.899. The number of aliphatic hydroxyl groups is 1. The maximum absolute atomic E-state index is 10.3. The Kier molecular flexibility index (Phi) is 7.13. The molecule has 1 saturated carbocycles. The topological polar surface area (TPSA) is 77.0 Å². The van der Waals surface area contributed by atoms with Crippen LogP contribution in [0.1, 0.15) is 54.9 Å². The number of anilines is 1. The molecule has 3 fully saturated rings. The number of aliphatic hydroxyl groups excluding tert-OH is 1. The van der Waals surface area contributed by atoms with Gasteiger partial charge in [0.15, 0.2) is 0 Å². The lowest BCUT2D eigenvalue weighted by molar-refractivity contribution is -0.113. The third-order valence-corrected chi connectivity index (χ3v) is 6.57. The van der Waals surface area contributed by atoms with E-state index in [1.54, 1.807) is 0 Å². The number of benzene rings is 2. The second-order valence-electron chi connectivity index (χ2n) is 8.97. The Hall–Kier alpha value is -2.41. The molecule has 2 saturated heterocycles. The minimum Gasteiger partial charge on any atom is -0.488 e. The number of hydrogen-bond donors (Lipinski definition) is 2. The van der Waals surface area contributed by atoms with Crippen LogP contribution in [-0.2, 0) is 20.7 Å². The van der Waals surface area contributed by atoms with Gasteiger partial charge >= 0.3 is 0 Å². The summed E-state index contributed by atoms with van der Waals surface area (Å²) in [6.07, 6.45) is 5.28. The van der Waals surface area contributed by atoms with Gasteiger partial charge in [-0.1, -0.05) is 24.3 Å². The van der Waals surface area contributed by atoms with Crippen molar-refractivity contribution in [2.24, 2.45) is 0 Å². The van der Waals surface area contributed by atoms with Crippen molar-refractivity contribution in [3.8, 4) is 5.75 Å². The third kappa shape index (κ3) is 5.31. The molecule has 0 radical (unpaired) electrons. The van der Waals surface area contributed by atoms with Crippen molar-refractivity contribution in [2.45, 2.75) is 62.4 Å². The zero-order chi connectivity index (χ0) is 22.6. The normalized spacial score (nSPS) is 25.6. The molecule has 1 unspecified atom stereocenters. The summed E-state index contributed by atoms with van der Waals surface area (Å²) in [5, 5.41) is 13.7. The quantitative estimate of drug-likeness (QED) is 0.707. The number of hydrogen-bond acceptors (Lipinski definition) is 6. The highest BCUT2D eigenvalue weighted by Crippen LogP contribution is 2.51. The molecule has 0 aromatic heterocycles. The van der Waals surface area contributed by atoms with E-state index in [-0.39, 0.29) is 23.9 Å². The Morgan fingerprint density at radius 2 is 1.97 bits per heavy atom. The molecule has 6 nitrogen and oxygen atoms in total. The molecule has 6 heteroatoms. The van der Waals surface area contributed by atoms with Crippen LogP contribution in [0.25, 0.3) is 0 Å². The van der Waals surface area contributed by atoms with Gasteiger partial charge in [-0.2, -0.15) is 0 Å². The summed E-state index contributed by atoms with van der Waals surface area (Å²) < 4.78 is 17.8. The summed E-state index contributed by atoms with van der Waals surface area (Å²) >= 11 is 0. The molecular formula is C26H33NO5. The summed E-state index contributed by atoms with van der Waals surface area (Å²) in [6.45, 7) is 3.47. The number of rotatable bonds is 6. The molecule has 2 heterocycles. The lowest BCUT2D eigenvalue weighted by Crippen LogP contribution is -2.32. The van der Waals surface area contributed by atoms with Gasteiger partial charge in [0.1, 0.15) is 18.6 Å². The van der Waals surface area contributed by atoms with E-state index in [4.69, 9.17) is 19.0 Å². The molecule has 2 aromatic carbocycles. The fourth-order valence-electron chi connectivity index (χ4n) is 4.73. The van der Waals surface area contributed by atoms with E-state index in [2.05, 4.69) is 35.6 Å². The van der Waals surface area contributed by atoms with Crippen molar-refractivity contribution in [3.05, 3.63) is 59.2 Å². The predicted octanol–water partition coefficient (Wildman–Crippen LogP) is 4.05. The second-order valence-corrected chi connectivity index (χ2v) is 8.97. The standard InChI is InChI=1S/C25H31NO4.CH2O/c1-26-23-7-4-18(24-14-20(27)15-25(30-24)9-10-25)13-19(23)12-17-2-5-21(6-3-17)29-22-8-11-28-16-22;1-2/h2-7,13,20,22,24,26-27H,8-12,14-16H2,1H3;1H2/t20-,22?,24-;/m1./s1. The van der Waals surface area contributed by atoms with Crippen LogP contribution in [0.5, 0.6) is 5.75 Å². The van der Waals surface area contributed by atoms with Crippen molar-refractivity contribution >= 4 is 12.5 Å². The first-order valence-corrected chi connectivity index (χ1v) is 11.4. The molecule has 5 rings (SSSR count). The van der Waals surface area contributed by atoms with Crippen LogP contribution in [0.3, 0.4) is 0 Å². The Balaban J connectivity index is 0.00000119. The first-order chi connectivity index (χ1) is 15.6. The number of ether oxygens (including phenoxy) is 3. The van der Waals surface area contributed by atoms with Crippen molar-refractivity contribution in [2.75, 3.05) is 25.6 Å². The third-order valence-electron chi connectivity index (χ3n) is 6.57. The van der Waals surface area contributed by atoms with Crippen LogP contribution in [0.15, 0.2) is 42.5 Å². The van der Waals surface area contributed by atoms with Gasteiger partial charge < -0.3 is 29.4 Å². The summed E-state index contributed by atoms with van der Waals surface area (Å²) in [5.41, 5.74) is 4.70. The van der Waals surface area contributed by atoms with Gasteiger partial charge in [-0.25, -0.2) is 0 Å². The number of nitrogens with one attached hydrogen (secondary N) is 1. The van der Waals surface area contributed by atoms with Crippen molar-refractivity contribution in [3.63, 3.8) is 0 Å². The van der Waals surface area contributed by atoms with E-state index in [0.29, 0.717) is 13.0 Å². The van der Waals surface area contributed by atoms with Crippen LogP contribution in [0, 0.1) is 0 Å². The molecule has 3 aliphatic rings. The minimum absolute atomic E-state index is 0.0229. The molecule has 2 aromatic rings. The van der Waals surface area contributed by atoms with Crippen molar-refractivity contribution < 1.29 is 24.1 Å². The Morgan fingerprint density at radius 3 is 2.62 bits per heavy atom. The first kappa shape index (κ1) is 22.8. The van der Waals surface area contributed by atoms with Crippen molar-refractivity contribution in [1.82, 2.24) is 0 Å². The monoisotopic (exact) mass is 439 g/mol. The number of carbonyl (C=O) groups excluding carboxylic acids is 1. The smallest absolute Gasteiger partial charge is 0.124 e. The highest BCUT2D eigenvalue weighted by molar-refractivity contribution is 5.54. The lowest BCUT2D eigenvalue weighted by atomic mass is 9.92. The van der Waals surface area contributed by atoms with E-state index < -0.39 is 0 Å². The van der Waals surface area contributed by atoms with Gasteiger partial charge in [0.2, 0.25) is 0 Å². The average Bonchev–Trinajstić information content (AvgIpc) is 3.33. The van der Waals surface area contributed by atoms with E-state index in [9.17, 15) is 5.11 Å². The Labute approximate surface area is 189 Å². The molecule has 2 aliphatic heterocycles. The minimum atomic E-state index is -0.267. The SMILES string of the molecule is C=O.CNc1ccc([C@H]2C[C@@H](O)CC3(CC3)O2)cc1Cc1ccc(OC2CCOC2)cc1. The predicted molar refractivity (Wildman–Crippen MR) is 123 cm³/mol. The summed E-state index contributed by atoms with van der Waals surface area (Å²) in [4.78, 5) is 8.00. The maximum atomic E-state index is 10.3. The molecule has 0 amide bonds. The first-order valence-electron chi connectivity index (χ1n) is 11.4. The molecular weight excluding hydrogens is 406 g/mol. The molecule has 172 valence electrons. The summed E-state index contributed by atoms with van der Waals surface area (Å²) in [6, 6.07) is 14.9. The van der Waals surface area contributed by atoms with Gasteiger partial charge in [-0.05, 0) is 54.2 Å². The lowest BCUT2D eigenvalue weighted by Gasteiger charge is -2.34. The van der Waals surface area contributed by atoms with Crippen LogP contribution in [-0.4, -0.2) is 50.0 Å². The number of carbonyl (C=O) groups is 1. The van der Waals surface area contributed by atoms with Crippen LogP contribution in [0.4, 0.5) is 5.69 Å².